The number of halogens is 3. The van der Waals surface area contributed by atoms with Gasteiger partial charge in [-0.2, -0.15) is 13.2 Å². The molecule has 14 heteroatoms. The number of aryl methyl sites for hydroxylation is 1. The minimum Gasteiger partial charge on any atom is -0.480 e. The molecule has 2 heterocycles. The molecule has 3 aromatic carbocycles. The molecular weight excluding hydrogens is 656 g/mol. The molecule has 47 heavy (non-hydrogen) atoms. The van der Waals surface area contributed by atoms with Crippen molar-refractivity contribution in [1.82, 2.24) is 4.98 Å². The molecule has 0 saturated carbocycles. The Morgan fingerprint density at radius 2 is 1.55 bits per heavy atom. The molecule has 5 rings (SSSR count). The number of ether oxygens (including phenoxy) is 1. The molecule has 0 atom stereocenters. The summed E-state index contributed by atoms with van der Waals surface area (Å²) in [5.74, 6) is -3.89. The van der Waals surface area contributed by atoms with Crippen molar-refractivity contribution < 1.29 is 42.5 Å². The third-order valence-corrected chi connectivity index (χ3v) is 9.25. The van der Waals surface area contributed by atoms with E-state index in [0.29, 0.717) is 24.6 Å². The average Bonchev–Trinajstić information content (AvgIpc) is 3.47. The number of rotatable bonds is 8. The number of thioether (sulfide) groups is 1. The average molecular weight is 688 g/mol. The maximum Gasteiger partial charge on any atom is 0.490 e. The SMILES string of the molecule is Cc1cc(SC(C)(C)C(=O)O)ccc1-c1nc(C(=O)Nc2ccc(N3CCOCC3)cc2)c(-c2ccccc2)s1.O=C(O)C(F)(F)F. The Bertz CT molecular complexity index is 1720. The number of hydrogen-bond donors (Lipinski definition) is 3. The number of aromatic nitrogens is 1. The van der Waals surface area contributed by atoms with E-state index < -0.39 is 22.9 Å². The first-order valence-corrected chi connectivity index (χ1v) is 15.9. The fraction of sp³-hybridized carbons (Fsp3) is 0.273. The van der Waals surface area contributed by atoms with Crippen LogP contribution in [0.25, 0.3) is 21.0 Å². The number of carboxylic acid groups (broad SMARTS) is 2. The van der Waals surface area contributed by atoms with Gasteiger partial charge in [0.25, 0.3) is 5.91 Å². The third kappa shape index (κ3) is 9.33. The monoisotopic (exact) mass is 687 g/mol. The number of morpholine rings is 1. The van der Waals surface area contributed by atoms with Crippen LogP contribution < -0.4 is 10.2 Å². The zero-order valence-electron chi connectivity index (χ0n) is 25.6. The van der Waals surface area contributed by atoms with Crippen molar-refractivity contribution in [2.75, 3.05) is 36.5 Å². The first-order valence-electron chi connectivity index (χ1n) is 14.3. The van der Waals surface area contributed by atoms with E-state index in [0.717, 1.165) is 50.2 Å². The molecule has 1 fully saturated rings. The van der Waals surface area contributed by atoms with E-state index >= 15 is 0 Å². The summed E-state index contributed by atoms with van der Waals surface area (Å²) < 4.78 is 36.2. The van der Waals surface area contributed by atoms with Gasteiger partial charge in [-0.25, -0.2) is 9.78 Å². The van der Waals surface area contributed by atoms with Crippen molar-refractivity contribution in [3.05, 3.63) is 84.1 Å². The predicted octanol–water partition coefficient (Wildman–Crippen LogP) is 7.46. The highest BCUT2D eigenvalue weighted by Crippen LogP contribution is 2.39. The van der Waals surface area contributed by atoms with Crippen molar-refractivity contribution in [1.29, 1.82) is 0 Å². The molecule has 0 bridgehead atoms. The van der Waals surface area contributed by atoms with Gasteiger partial charge < -0.3 is 25.2 Å². The number of aliphatic carboxylic acids is 2. The van der Waals surface area contributed by atoms with Gasteiger partial charge in [0.1, 0.15) is 15.4 Å². The van der Waals surface area contributed by atoms with Crippen molar-refractivity contribution in [2.24, 2.45) is 0 Å². The zero-order valence-corrected chi connectivity index (χ0v) is 27.3. The van der Waals surface area contributed by atoms with Crippen molar-refractivity contribution in [3.63, 3.8) is 0 Å². The van der Waals surface area contributed by atoms with E-state index in [1.807, 2.05) is 79.7 Å². The Hall–Kier alpha value is -4.40. The predicted molar refractivity (Wildman–Crippen MR) is 176 cm³/mol. The minimum atomic E-state index is -5.08. The quantitative estimate of drug-likeness (QED) is 0.162. The summed E-state index contributed by atoms with van der Waals surface area (Å²) >= 11 is 2.78. The third-order valence-electron chi connectivity index (χ3n) is 6.94. The normalized spacial score (nSPS) is 13.4. The molecule has 1 saturated heterocycles. The number of nitrogens with one attached hydrogen (secondary N) is 1. The Balaban J connectivity index is 0.000000644. The molecule has 1 amide bonds. The lowest BCUT2D eigenvalue weighted by molar-refractivity contribution is -0.192. The first kappa shape index (κ1) is 35.5. The van der Waals surface area contributed by atoms with Crippen molar-refractivity contribution >= 4 is 52.3 Å². The molecule has 1 aromatic heterocycles. The lowest BCUT2D eigenvalue weighted by atomic mass is 10.1. The van der Waals surface area contributed by atoms with Gasteiger partial charge in [-0.05, 0) is 68.3 Å². The number of alkyl halides is 3. The van der Waals surface area contributed by atoms with Crippen LogP contribution in [0.5, 0.6) is 0 Å². The Morgan fingerprint density at radius 3 is 2.11 bits per heavy atom. The van der Waals surface area contributed by atoms with Crippen LogP contribution in [0.1, 0.15) is 29.9 Å². The van der Waals surface area contributed by atoms with Crippen LogP contribution in [0.2, 0.25) is 0 Å². The molecule has 0 unspecified atom stereocenters. The van der Waals surface area contributed by atoms with E-state index in [4.69, 9.17) is 19.6 Å². The molecule has 248 valence electrons. The molecule has 1 aliphatic heterocycles. The van der Waals surface area contributed by atoms with Crippen LogP contribution in [0.3, 0.4) is 0 Å². The van der Waals surface area contributed by atoms with Gasteiger partial charge in [-0.1, -0.05) is 36.4 Å². The van der Waals surface area contributed by atoms with Crippen LogP contribution in [0.4, 0.5) is 24.5 Å². The fourth-order valence-corrected chi connectivity index (χ4v) is 6.63. The lowest BCUT2D eigenvalue weighted by Crippen LogP contribution is -2.36. The highest BCUT2D eigenvalue weighted by atomic mass is 32.2. The van der Waals surface area contributed by atoms with Crippen molar-refractivity contribution in [2.45, 2.75) is 36.6 Å². The first-order chi connectivity index (χ1) is 22.2. The number of thiazole rings is 1. The number of carbonyl (C=O) groups is 3. The van der Waals surface area contributed by atoms with Gasteiger partial charge in [-0.3, -0.25) is 9.59 Å². The smallest absolute Gasteiger partial charge is 0.480 e. The van der Waals surface area contributed by atoms with E-state index in [2.05, 4.69) is 10.2 Å². The van der Waals surface area contributed by atoms with E-state index in [-0.39, 0.29) is 5.91 Å². The minimum absolute atomic E-state index is 0.270. The summed E-state index contributed by atoms with van der Waals surface area (Å²) in [7, 11) is 0. The van der Waals surface area contributed by atoms with Crippen LogP contribution in [-0.4, -0.2) is 70.3 Å². The van der Waals surface area contributed by atoms with E-state index in [1.165, 1.54) is 23.1 Å². The Kier molecular flexibility index (Phi) is 11.3. The molecule has 0 radical (unpaired) electrons. The molecule has 0 spiro atoms. The van der Waals surface area contributed by atoms with Gasteiger partial charge in [-0.15, -0.1) is 23.1 Å². The highest BCUT2D eigenvalue weighted by Gasteiger charge is 2.38. The summed E-state index contributed by atoms with van der Waals surface area (Å²) in [5.41, 5.74) is 4.97. The van der Waals surface area contributed by atoms with Gasteiger partial charge in [0.15, 0.2) is 0 Å². The number of anilines is 2. The lowest BCUT2D eigenvalue weighted by Gasteiger charge is -2.28. The largest absolute Gasteiger partial charge is 0.490 e. The fourth-order valence-electron chi connectivity index (χ4n) is 4.42. The van der Waals surface area contributed by atoms with Gasteiger partial charge in [0, 0.05) is 34.9 Å². The Morgan fingerprint density at radius 1 is 0.936 bits per heavy atom. The zero-order chi connectivity index (χ0) is 34.4. The number of benzene rings is 3. The summed E-state index contributed by atoms with van der Waals surface area (Å²) in [6, 6.07) is 23.5. The molecule has 3 N–H and O–H groups in total. The second kappa shape index (κ2) is 15.0. The second-order valence-electron chi connectivity index (χ2n) is 10.9. The molecular formula is C33H32F3N3O6S2. The maximum absolute atomic E-state index is 13.5. The molecule has 4 aromatic rings. The second-order valence-corrected chi connectivity index (χ2v) is 13.6. The number of hydrogen-bond acceptors (Lipinski definition) is 8. The standard InChI is InChI=1S/C31H31N3O4S2.C2HF3O2/c1-20-19-24(40-31(2,3)30(36)37)13-14-25(20)29-33-26(27(39-29)21-7-5-4-6-8-21)28(35)32-22-9-11-23(12-10-22)34-15-17-38-18-16-34;3-2(4,5)1(6)7/h4-14,19H,15-18H2,1-3H3,(H,32,35)(H,36,37);(H,6,7). The highest BCUT2D eigenvalue weighted by molar-refractivity contribution is 8.01. The summed E-state index contributed by atoms with van der Waals surface area (Å²) in [6.07, 6.45) is -5.08. The summed E-state index contributed by atoms with van der Waals surface area (Å²) in [4.78, 5) is 42.8. The van der Waals surface area contributed by atoms with Gasteiger partial charge >= 0.3 is 18.1 Å². The van der Waals surface area contributed by atoms with Gasteiger partial charge in [0.05, 0.1) is 18.1 Å². The maximum atomic E-state index is 13.5. The summed E-state index contributed by atoms with van der Waals surface area (Å²) in [5, 5.41) is 20.4. The summed E-state index contributed by atoms with van der Waals surface area (Å²) in [6.45, 7) is 8.50. The van der Waals surface area contributed by atoms with Crippen LogP contribution in [0, 0.1) is 6.92 Å². The number of carboxylic acids is 2. The number of amides is 1. The van der Waals surface area contributed by atoms with E-state index in [1.54, 1.807) is 13.8 Å². The van der Waals surface area contributed by atoms with Gasteiger partial charge in [0.2, 0.25) is 0 Å². The van der Waals surface area contributed by atoms with Crippen LogP contribution in [-0.2, 0) is 14.3 Å². The van der Waals surface area contributed by atoms with Crippen LogP contribution >= 0.6 is 23.1 Å². The topological polar surface area (TPSA) is 129 Å². The van der Waals surface area contributed by atoms with Crippen LogP contribution in [0.15, 0.2) is 77.7 Å². The molecule has 9 nitrogen and oxygen atoms in total. The van der Waals surface area contributed by atoms with Crippen molar-refractivity contribution in [3.8, 4) is 21.0 Å². The number of carbonyl (C=O) groups excluding carboxylic acids is 1. The molecule has 1 aliphatic rings. The number of nitrogens with zero attached hydrogens (tertiary/aromatic N) is 2. The van der Waals surface area contributed by atoms with E-state index in [9.17, 15) is 27.9 Å². The molecule has 0 aliphatic carbocycles. The Labute approximate surface area is 277 Å².